The van der Waals surface area contributed by atoms with Crippen molar-refractivity contribution in [3.63, 3.8) is 0 Å². The first kappa shape index (κ1) is 26.7. The van der Waals surface area contributed by atoms with Crippen molar-refractivity contribution in [1.82, 2.24) is 5.32 Å². The molecular weight excluding hydrogens is 462 g/mol. The number of hydrogen-bond acceptors (Lipinski definition) is 4. The Labute approximate surface area is 209 Å². The van der Waals surface area contributed by atoms with Gasteiger partial charge >= 0.3 is 6.03 Å². The van der Waals surface area contributed by atoms with Crippen LogP contribution in [-0.4, -0.2) is 26.4 Å². The van der Waals surface area contributed by atoms with E-state index in [1.807, 2.05) is 6.92 Å². The Morgan fingerprint density at radius 3 is 1.94 bits per heavy atom. The second kappa shape index (κ2) is 12.7. The Hall–Kier alpha value is -2.87. The molecule has 190 valence electrons. The van der Waals surface area contributed by atoms with Crippen LogP contribution in [0, 0.1) is 6.92 Å². The summed E-state index contributed by atoms with van der Waals surface area (Å²) in [6.07, 6.45) is 12.7. The standard InChI is InChI=1S/C27H37N3O4S/c1-21-16-18-25(19-17-21)35(33,34)30(27(28)32)24-15-11-12-22(20-24)26(31)29-23-13-9-7-5-3-2-4-6-8-10-14-23/h11-12,15-20,23H,2-10,13-14H2,1H3,(H2,28,32)(H,29,31). The zero-order chi connectivity index (χ0) is 25.3. The third-order valence-corrected chi connectivity index (χ3v) is 8.28. The minimum atomic E-state index is -4.24. The van der Waals surface area contributed by atoms with Crippen molar-refractivity contribution in [2.45, 2.75) is 88.5 Å². The molecule has 3 amide bonds. The number of carbonyl (C=O) groups is 2. The number of amides is 3. The molecule has 1 saturated carbocycles. The number of hydrogen-bond donors (Lipinski definition) is 2. The smallest absolute Gasteiger partial charge is 0.333 e. The zero-order valence-corrected chi connectivity index (χ0v) is 21.4. The van der Waals surface area contributed by atoms with Crippen LogP contribution in [0.3, 0.4) is 0 Å². The number of nitrogens with zero attached hydrogens (tertiary/aromatic N) is 1. The molecule has 0 unspecified atom stereocenters. The van der Waals surface area contributed by atoms with E-state index in [-0.39, 0.29) is 22.5 Å². The molecule has 8 heteroatoms. The van der Waals surface area contributed by atoms with Crippen LogP contribution in [0.25, 0.3) is 0 Å². The second-order valence-electron chi connectivity index (χ2n) is 9.40. The van der Waals surface area contributed by atoms with Crippen LogP contribution >= 0.6 is 0 Å². The number of sulfonamides is 1. The number of primary amides is 1. The van der Waals surface area contributed by atoms with Gasteiger partial charge < -0.3 is 11.1 Å². The maximum absolute atomic E-state index is 13.2. The summed E-state index contributed by atoms with van der Waals surface area (Å²) in [6.45, 7) is 1.84. The number of anilines is 1. The van der Waals surface area contributed by atoms with Crippen molar-refractivity contribution < 1.29 is 18.0 Å². The topological polar surface area (TPSA) is 110 Å². The summed E-state index contributed by atoms with van der Waals surface area (Å²) in [5.41, 5.74) is 6.70. The molecule has 0 saturated heterocycles. The summed E-state index contributed by atoms with van der Waals surface area (Å²) in [7, 11) is -4.24. The van der Waals surface area contributed by atoms with Gasteiger partial charge in [0.05, 0.1) is 10.6 Å². The van der Waals surface area contributed by atoms with E-state index in [2.05, 4.69) is 5.32 Å². The molecule has 2 aromatic carbocycles. The third-order valence-electron chi connectivity index (χ3n) is 6.54. The van der Waals surface area contributed by atoms with E-state index in [1.165, 1.54) is 69.2 Å². The molecule has 0 aromatic heterocycles. The maximum Gasteiger partial charge on any atom is 0.333 e. The Bertz CT molecular complexity index is 1090. The zero-order valence-electron chi connectivity index (χ0n) is 20.5. The molecule has 0 bridgehead atoms. The summed E-state index contributed by atoms with van der Waals surface area (Å²) in [4.78, 5) is 25.3. The van der Waals surface area contributed by atoms with E-state index in [0.717, 1.165) is 31.2 Å². The van der Waals surface area contributed by atoms with E-state index in [4.69, 9.17) is 5.73 Å². The fraction of sp³-hybridized carbons (Fsp3) is 0.481. The van der Waals surface area contributed by atoms with Crippen LogP contribution in [0.4, 0.5) is 10.5 Å². The first-order valence-electron chi connectivity index (χ1n) is 12.6. The van der Waals surface area contributed by atoms with Gasteiger partial charge in [-0.25, -0.2) is 13.2 Å². The first-order chi connectivity index (χ1) is 16.8. The predicted molar refractivity (Wildman–Crippen MR) is 139 cm³/mol. The largest absolute Gasteiger partial charge is 0.350 e. The first-order valence-corrected chi connectivity index (χ1v) is 14.1. The van der Waals surface area contributed by atoms with Gasteiger partial charge in [0, 0.05) is 11.6 Å². The van der Waals surface area contributed by atoms with Crippen molar-refractivity contribution in [2.24, 2.45) is 5.73 Å². The third kappa shape index (κ3) is 7.56. The Kier molecular flexibility index (Phi) is 9.72. The molecule has 7 nitrogen and oxygen atoms in total. The second-order valence-corrected chi connectivity index (χ2v) is 11.2. The fourth-order valence-corrected chi connectivity index (χ4v) is 5.87. The molecule has 1 aliphatic carbocycles. The molecular formula is C27H37N3O4S. The summed E-state index contributed by atoms with van der Waals surface area (Å²) >= 11 is 0. The Morgan fingerprint density at radius 1 is 0.857 bits per heavy atom. The molecule has 2 aromatic rings. The van der Waals surface area contributed by atoms with Gasteiger partial charge in [-0.2, -0.15) is 4.31 Å². The van der Waals surface area contributed by atoms with Gasteiger partial charge in [-0.05, 0) is 50.1 Å². The molecule has 35 heavy (non-hydrogen) atoms. The lowest BCUT2D eigenvalue weighted by Gasteiger charge is -2.22. The van der Waals surface area contributed by atoms with E-state index < -0.39 is 16.1 Å². The van der Waals surface area contributed by atoms with Crippen LogP contribution < -0.4 is 15.4 Å². The predicted octanol–water partition coefficient (Wildman–Crippen LogP) is 5.67. The number of rotatable bonds is 5. The van der Waals surface area contributed by atoms with Crippen molar-refractivity contribution in [3.05, 3.63) is 59.7 Å². The van der Waals surface area contributed by atoms with Crippen molar-refractivity contribution in [1.29, 1.82) is 0 Å². The molecule has 0 spiro atoms. The average molecular weight is 500 g/mol. The normalized spacial score (nSPS) is 16.5. The summed E-state index contributed by atoms with van der Waals surface area (Å²) in [5.74, 6) is -0.277. The lowest BCUT2D eigenvalue weighted by molar-refractivity contribution is 0.0931. The highest BCUT2D eigenvalue weighted by atomic mass is 32.2. The summed E-state index contributed by atoms with van der Waals surface area (Å²) in [5, 5.41) is 3.14. The van der Waals surface area contributed by atoms with E-state index in [0.29, 0.717) is 9.87 Å². The van der Waals surface area contributed by atoms with Gasteiger partial charge in [0.2, 0.25) is 0 Å². The quantitative estimate of drug-likeness (QED) is 0.552. The molecule has 1 aliphatic rings. The van der Waals surface area contributed by atoms with Gasteiger partial charge in [-0.15, -0.1) is 0 Å². The van der Waals surface area contributed by atoms with Crippen LogP contribution in [0.1, 0.15) is 86.6 Å². The number of nitrogens with two attached hydrogens (primary N) is 1. The molecule has 0 atom stereocenters. The monoisotopic (exact) mass is 499 g/mol. The molecule has 1 fully saturated rings. The highest BCUT2D eigenvalue weighted by Gasteiger charge is 2.30. The van der Waals surface area contributed by atoms with E-state index in [1.54, 1.807) is 24.3 Å². The maximum atomic E-state index is 13.2. The number of urea groups is 1. The van der Waals surface area contributed by atoms with Gasteiger partial charge in [0.25, 0.3) is 15.9 Å². The van der Waals surface area contributed by atoms with Gasteiger partial charge in [0.1, 0.15) is 0 Å². The van der Waals surface area contributed by atoms with Crippen LogP contribution in [0.5, 0.6) is 0 Å². The lowest BCUT2D eigenvalue weighted by atomic mass is 9.97. The van der Waals surface area contributed by atoms with Gasteiger partial charge in [-0.3, -0.25) is 4.79 Å². The average Bonchev–Trinajstić information content (AvgIpc) is 2.81. The van der Waals surface area contributed by atoms with Crippen molar-refractivity contribution >= 4 is 27.6 Å². The minimum Gasteiger partial charge on any atom is -0.350 e. The van der Waals surface area contributed by atoms with Crippen molar-refractivity contribution in [3.8, 4) is 0 Å². The number of nitrogens with one attached hydrogen (secondary N) is 1. The number of benzene rings is 2. The van der Waals surface area contributed by atoms with Crippen LogP contribution in [0.2, 0.25) is 0 Å². The van der Waals surface area contributed by atoms with Gasteiger partial charge in [-0.1, -0.05) is 81.5 Å². The molecule has 0 aliphatic heterocycles. The Morgan fingerprint density at radius 2 is 1.40 bits per heavy atom. The highest BCUT2D eigenvalue weighted by Crippen LogP contribution is 2.25. The van der Waals surface area contributed by atoms with Crippen LogP contribution in [0.15, 0.2) is 53.4 Å². The summed E-state index contributed by atoms with van der Waals surface area (Å²) in [6, 6.07) is 11.2. The molecule has 0 heterocycles. The minimum absolute atomic E-state index is 0.0319. The van der Waals surface area contributed by atoms with E-state index >= 15 is 0 Å². The SMILES string of the molecule is Cc1ccc(S(=O)(=O)N(C(N)=O)c2cccc(C(=O)NC3CCCCCCCCCCC3)c2)cc1. The van der Waals surface area contributed by atoms with E-state index in [9.17, 15) is 18.0 Å². The summed E-state index contributed by atoms with van der Waals surface area (Å²) < 4.78 is 26.9. The number of aryl methyl sites for hydroxylation is 1. The van der Waals surface area contributed by atoms with Crippen LogP contribution in [-0.2, 0) is 10.0 Å². The molecule has 0 radical (unpaired) electrons. The molecule has 3 N–H and O–H groups in total. The van der Waals surface area contributed by atoms with Gasteiger partial charge in [0.15, 0.2) is 0 Å². The number of carbonyl (C=O) groups excluding carboxylic acids is 2. The Balaban J connectivity index is 1.78. The highest BCUT2D eigenvalue weighted by molar-refractivity contribution is 7.93. The molecule has 3 rings (SSSR count). The van der Waals surface area contributed by atoms with Crippen molar-refractivity contribution in [2.75, 3.05) is 4.31 Å². The fourth-order valence-electron chi connectivity index (χ4n) is 4.55. The lowest BCUT2D eigenvalue weighted by Crippen LogP contribution is -2.41.